The Morgan fingerprint density at radius 1 is 1.36 bits per heavy atom. The highest BCUT2D eigenvalue weighted by atomic mass is 32.1. The lowest BCUT2D eigenvalue weighted by atomic mass is 10.0. The average molecular weight is 314 g/mol. The highest BCUT2D eigenvalue weighted by Gasteiger charge is 2.18. The van der Waals surface area contributed by atoms with Crippen LogP contribution in [0.3, 0.4) is 0 Å². The summed E-state index contributed by atoms with van der Waals surface area (Å²) in [6.07, 6.45) is 3.19. The summed E-state index contributed by atoms with van der Waals surface area (Å²) in [5, 5.41) is 15.0. The van der Waals surface area contributed by atoms with E-state index in [2.05, 4.69) is 5.32 Å². The topological polar surface area (TPSA) is 89.3 Å². The Bertz CT molecular complexity index is 823. The number of anilines is 1. The number of amides is 1. The van der Waals surface area contributed by atoms with E-state index in [0.717, 1.165) is 22.6 Å². The summed E-state index contributed by atoms with van der Waals surface area (Å²) in [6, 6.07) is 6.46. The van der Waals surface area contributed by atoms with Crippen molar-refractivity contribution in [3.8, 4) is 0 Å². The van der Waals surface area contributed by atoms with E-state index < -0.39 is 4.92 Å². The van der Waals surface area contributed by atoms with Gasteiger partial charge in [-0.2, -0.15) is 0 Å². The zero-order valence-corrected chi connectivity index (χ0v) is 12.1. The number of benzene rings is 1. The van der Waals surface area contributed by atoms with Crippen LogP contribution < -0.4 is 5.32 Å². The van der Waals surface area contributed by atoms with Gasteiger partial charge in [0.2, 0.25) is 5.91 Å². The first-order chi connectivity index (χ1) is 10.5. The van der Waals surface area contributed by atoms with Crippen LogP contribution in [0.25, 0.3) is 6.08 Å². The number of carbonyl (C=O) groups excluding carboxylic acids is 2. The van der Waals surface area contributed by atoms with Gasteiger partial charge in [-0.15, -0.1) is 0 Å². The van der Waals surface area contributed by atoms with E-state index in [-0.39, 0.29) is 23.1 Å². The van der Waals surface area contributed by atoms with Gasteiger partial charge >= 0.3 is 5.00 Å². The van der Waals surface area contributed by atoms with E-state index in [0.29, 0.717) is 11.1 Å². The van der Waals surface area contributed by atoms with Crippen molar-refractivity contribution in [3.05, 3.63) is 62.5 Å². The van der Waals surface area contributed by atoms with Crippen LogP contribution in [0.4, 0.5) is 10.7 Å². The van der Waals surface area contributed by atoms with Crippen molar-refractivity contribution in [1.29, 1.82) is 0 Å². The monoisotopic (exact) mass is 314 g/mol. The molecule has 1 amide bonds. The van der Waals surface area contributed by atoms with E-state index in [1.165, 1.54) is 12.1 Å². The minimum Gasteiger partial charge on any atom is -0.326 e. The maximum Gasteiger partial charge on any atom is 0.324 e. The van der Waals surface area contributed by atoms with Crippen LogP contribution in [0, 0.1) is 10.1 Å². The van der Waals surface area contributed by atoms with Crippen LogP contribution in [-0.2, 0) is 11.2 Å². The maximum atomic E-state index is 12.1. The molecule has 0 spiro atoms. The van der Waals surface area contributed by atoms with Crippen molar-refractivity contribution in [1.82, 2.24) is 0 Å². The Labute approximate surface area is 129 Å². The second kappa shape index (κ2) is 5.53. The zero-order chi connectivity index (χ0) is 15.7. The third kappa shape index (κ3) is 2.79. The molecule has 0 bridgehead atoms. The summed E-state index contributed by atoms with van der Waals surface area (Å²) in [6.45, 7) is 0. The first kappa shape index (κ1) is 14.2. The Balaban J connectivity index is 1.77. The molecule has 22 heavy (non-hydrogen) atoms. The van der Waals surface area contributed by atoms with Gasteiger partial charge in [-0.25, -0.2) is 0 Å². The highest BCUT2D eigenvalue weighted by molar-refractivity contribution is 7.13. The number of fused-ring (bicyclic) bond motifs is 1. The largest absolute Gasteiger partial charge is 0.326 e. The smallest absolute Gasteiger partial charge is 0.324 e. The number of thiophene rings is 1. The van der Waals surface area contributed by atoms with Crippen molar-refractivity contribution < 1.29 is 14.5 Å². The second-order valence-electron chi connectivity index (χ2n) is 4.77. The Morgan fingerprint density at radius 2 is 2.18 bits per heavy atom. The number of hydrogen-bond donors (Lipinski definition) is 1. The summed E-state index contributed by atoms with van der Waals surface area (Å²) in [5.74, 6) is -0.295. The summed E-state index contributed by atoms with van der Waals surface area (Å²) < 4.78 is 0. The molecular weight excluding hydrogens is 304 g/mol. The average Bonchev–Trinajstić information content (AvgIpc) is 3.09. The van der Waals surface area contributed by atoms with Gasteiger partial charge in [0.1, 0.15) is 0 Å². The molecule has 1 N–H and O–H groups in total. The second-order valence-corrected chi connectivity index (χ2v) is 5.66. The lowest BCUT2D eigenvalue weighted by molar-refractivity contribution is -0.380. The molecule has 2 heterocycles. The number of allylic oxidation sites excluding steroid dienone is 1. The van der Waals surface area contributed by atoms with Crippen molar-refractivity contribution in [3.63, 3.8) is 0 Å². The minimum atomic E-state index is -0.464. The van der Waals surface area contributed by atoms with Crippen molar-refractivity contribution >= 4 is 39.8 Å². The van der Waals surface area contributed by atoms with Gasteiger partial charge in [0, 0.05) is 22.7 Å². The fourth-order valence-electron chi connectivity index (χ4n) is 2.17. The lowest BCUT2D eigenvalue weighted by Gasteiger charge is -2.00. The van der Waals surface area contributed by atoms with E-state index in [1.807, 2.05) is 0 Å². The van der Waals surface area contributed by atoms with Gasteiger partial charge in [0.15, 0.2) is 5.78 Å². The molecule has 0 unspecified atom stereocenters. The fraction of sp³-hybridized carbons (Fsp3) is 0.0667. The summed E-state index contributed by atoms with van der Waals surface area (Å²) in [5.41, 5.74) is 2.63. The molecule has 0 atom stereocenters. The van der Waals surface area contributed by atoms with Crippen molar-refractivity contribution in [2.24, 2.45) is 0 Å². The van der Waals surface area contributed by atoms with E-state index in [9.17, 15) is 19.7 Å². The molecule has 3 rings (SSSR count). The first-order valence-electron chi connectivity index (χ1n) is 6.41. The number of rotatable bonds is 4. The number of nitrogens with one attached hydrogen (secondary N) is 1. The lowest BCUT2D eigenvalue weighted by Crippen LogP contribution is -2.03. The Hall–Kier alpha value is -2.80. The van der Waals surface area contributed by atoms with Crippen molar-refractivity contribution in [2.75, 3.05) is 5.32 Å². The van der Waals surface area contributed by atoms with Gasteiger partial charge in [0.25, 0.3) is 0 Å². The number of nitrogens with zero attached hydrogens (tertiary/aromatic N) is 1. The van der Waals surface area contributed by atoms with Gasteiger partial charge in [-0.1, -0.05) is 11.3 Å². The standard InChI is InChI=1S/C15H10N2O4S/c18-13(4-1-9-5-15(17(20)21)22-8-9)10-2-3-12-11(6-10)7-14(19)16-12/h1-6,8H,7H2,(H,16,19)/b4-1+. The minimum absolute atomic E-state index is 0.0363. The molecule has 0 saturated heterocycles. The zero-order valence-electron chi connectivity index (χ0n) is 11.2. The molecule has 1 aliphatic rings. The number of hydrogen-bond acceptors (Lipinski definition) is 5. The normalized spacial score (nSPS) is 13.2. The third-order valence-electron chi connectivity index (χ3n) is 3.23. The molecule has 0 aliphatic carbocycles. The molecule has 1 aliphatic heterocycles. The molecular formula is C15H10N2O4S. The first-order valence-corrected chi connectivity index (χ1v) is 7.29. The van der Waals surface area contributed by atoms with E-state index >= 15 is 0 Å². The summed E-state index contributed by atoms with van der Waals surface area (Å²) in [7, 11) is 0. The van der Waals surface area contributed by atoms with Gasteiger partial charge in [0.05, 0.1) is 11.3 Å². The molecule has 6 nitrogen and oxygen atoms in total. The Kier molecular flexibility index (Phi) is 3.56. The van der Waals surface area contributed by atoms with Crippen LogP contribution >= 0.6 is 11.3 Å². The van der Waals surface area contributed by atoms with Gasteiger partial charge in [-0.3, -0.25) is 19.7 Å². The summed E-state index contributed by atoms with van der Waals surface area (Å²) in [4.78, 5) is 33.5. The van der Waals surface area contributed by atoms with Crippen LogP contribution in [0.5, 0.6) is 0 Å². The SMILES string of the molecule is O=C1Cc2cc(C(=O)/C=C/c3csc([N+](=O)[O-])c3)ccc2N1. The molecule has 1 aromatic heterocycles. The molecule has 1 aromatic carbocycles. The van der Waals surface area contributed by atoms with E-state index in [1.54, 1.807) is 29.7 Å². The van der Waals surface area contributed by atoms with Crippen LogP contribution in [-0.4, -0.2) is 16.6 Å². The van der Waals surface area contributed by atoms with Crippen LogP contribution in [0.2, 0.25) is 0 Å². The molecule has 2 aromatic rings. The van der Waals surface area contributed by atoms with Gasteiger partial charge < -0.3 is 5.32 Å². The van der Waals surface area contributed by atoms with Crippen LogP contribution in [0.1, 0.15) is 21.5 Å². The number of carbonyl (C=O) groups is 2. The molecule has 0 fully saturated rings. The van der Waals surface area contributed by atoms with Crippen LogP contribution in [0.15, 0.2) is 35.7 Å². The maximum absolute atomic E-state index is 12.1. The quantitative estimate of drug-likeness (QED) is 0.406. The molecule has 110 valence electrons. The molecule has 0 radical (unpaired) electrons. The summed E-state index contributed by atoms with van der Waals surface area (Å²) >= 11 is 1.01. The fourth-order valence-corrected chi connectivity index (χ4v) is 2.87. The predicted octanol–water partition coefficient (Wildman–Crippen LogP) is 3.05. The molecule has 0 saturated carbocycles. The van der Waals surface area contributed by atoms with Crippen molar-refractivity contribution in [2.45, 2.75) is 6.42 Å². The highest BCUT2D eigenvalue weighted by Crippen LogP contribution is 2.25. The molecule has 7 heteroatoms. The van der Waals surface area contributed by atoms with Gasteiger partial charge in [-0.05, 0) is 41.5 Å². The number of nitro groups is 1. The third-order valence-corrected chi connectivity index (χ3v) is 4.13. The van der Waals surface area contributed by atoms with E-state index in [4.69, 9.17) is 0 Å². The predicted molar refractivity (Wildman–Crippen MR) is 83.1 cm³/mol. The number of ketones is 1. The Morgan fingerprint density at radius 3 is 2.91 bits per heavy atom.